The van der Waals surface area contributed by atoms with Gasteiger partial charge >= 0.3 is 6.18 Å². The molecule has 0 saturated carbocycles. The van der Waals surface area contributed by atoms with Crippen LogP contribution >= 0.6 is 11.3 Å². The first-order chi connectivity index (χ1) is 12.7. The highest BCUT2D eigenvalue weighted by atomic mass is 32.1. The molecule has 0 aliphatic heterocycles. The quantitative estimate of drug-likeness (QED) is 0.808. The Morgan fingerprint density at radius 3 is 2.74 bits per heavy atom. The average Bonchev–Trinajstić information content (AvgIpc) is 2.98. The first kappa shape index (κ1) is 20.9. The first-order valence-corrected chi connectivity index (χ1v) is 8.90. The highest BCUT2D eigenvalue weighted by Crippen LogP contribution is 2.34. The van der Waals surface area contributed by atoms with Crippen LogP contribution in [0.2, 0.25) is 0 Å². The zero-order valence-corrected chi connectivity index (χ0v) is 15.6. The molecule has 5 nitrogen and oxygen atoms in total. The van der Waals surface area contributed by atoms with Gasteiger partial charge in [-0.05, 0) is 24.6 Å². The first-order valence-electron chi connectivity index (χ1n) is 8.09. The Hall–Kier alpha value is -2.44. The van der Waals surface area contributed by atoms with Crippen molar-refractivity contribution < 1.29 is 23.1 Å². The lowest BCUT2D eigenvalue weighted by Gasteiger charge is -2.21. The molecule has 144 valence electrons. The fourth-order valence-electron chi connectivity index (χ4n) is 2.44. The minimum Gasteiger partial charge on any atom is -0.387 e. The zero-order chi connectivity index (χ0) is 20.2. The van der Waals surface area contributed by atoms with Gasteiger partial charge in [0.05, 0.1) is 34.8 Å². The number of nitrogens with zero attached hydrogens (tertiary/aromatic N) is 3. The van der Waals surface area contributed by atoms with Gasteiger partial charge in [-0.2, -0.15) is 18.4 Å². The molecule has 0 fully saturated rings. The van der Waals surface area contributed by atoms with Gasteiger partial charge in [-0.3, -0.25) is 9.69 Å². The van der Waals surface area contributed by atoms with Crippen LogP contribution in [0.5, 0.6) is 0 Å². The average molecular weight is 397 g/mol. The van der Waals surface area contributed by atoms with Crippen molar-refractivity contribution >= 4 is 22.2 Å². The van der Waals surface area contributed by atoms with Gasteiger partial charge in [0.15, 0.2) is 0 Å². The number of carbonyl (C=O) groups is 1. The number of anilines is 1. The number of alkyl halides is 3. The third-order valence-electron chi connectivity index (χ3n) is 3.93. The van der Waals surface area contributed by atoms with E-state index in [1.165, 1.54) is 4.90 Å². The van der Waals surface area contributed by atoms with Crippen molar-refractivity contribution in [1.82, 2.24) is 4.98 Å². The van der Waals surface area contributed by atoms with E-state index in [0.717, 1.165) is 18.3 Å². The lowest BCUT2D eigenvalue weighted by atomic mass is 10.1. The molecule has 0 aliphatic rings. The van der Waals surface area contributed by atoms with Gasteiger partial charge in [-0.15, -0.1) is 11.3 Å². The van der Waals surface area contributed by atoms with Crippen molar-refractivity contribution in [3.05, 3.63) is 46.1 Å². The molecule has 1 amide bonds. The van der Waals surface area contributed by atoms with E-state index in [0.29, 0.717) is 21.8 Å². The van der Waals surface area contributed by atoms with Crippen LogP contribution in [0, 0.1) is 24.2 Å². The largest absolute Gasteiger partial charge is 0.391 e. The number of thiazole rings is 1. The van der Waals surface area contributed by atoms with Gasteiger partial charge in [0.25, 0.3) is 5.91 Å². The van der Waals surface area contributed by atoms with E-state index in [9.17, 15) is 23.1 Å². The molecule has 1 aromatic heterocycles. The van der Waals surface area contributed by atoms with E-state index in [1.807, 2.05) is 6.07 Å². The second-order valence-electron chi connectivity index (χ2n) is 6.10. The number of carbonyl (C=O) groups excluding carboxylic acids is 1. The summed E-state index contributed by atoms with van der Waals surface area (Å²) in [6.07, 6.45) is -4.60. The fourth-order valence-corrected chi connectivity index (χ4v) is 3.65. The Balaban J connectivity index is 2.31. The Labute approximate surface area is 158 Å². The van der Waals surface area contributed by atoms with Gasteiger partial charge in [-0.1, -0.05) is 19.1 Å². The van der Waals surface area contributed by atoms with Crippen molar-refractivity contribution in [3.8, 4) is 6.07 Å². The lowest BCUT2D eigenvalue weighted by Crippen LogP contribution is -2.32. The molecule has 2 rings (SSSR count). The van der Waals surface area contributed by atoms with E-state index in [-0.39, 0.29) is 18.0 Å². The van der Waals surface area contributed by atoms with Crippen LogP contribution in [0.15, 0.2) is 24.3 Å². The molecule has 1 N–H and O–H groups in total. The predicted molar refractivity (Wildman–Crippen MR) is 95.2 cm³/mol. The van der Waals surface area contributed by atoms with Crippen molar-refractivity contribution in [1.29, 1.82) is 5.26 Å². The van der Waals surface area contributed by atoms with Crippen LogP contribution in [0.25, 0.3) is 0 Å². The highest BCUT2D eigenvalue weighted by molar-refractivity contribution is 7.16. The number of aromatic nitrogens is 1. The smallest absolute Gasteiger partial charge is 0.387 e. The topological polar surface area (TPSA) is 77.2 Å². The van der Waals surface area contributed by atoms with E-state index in [4.69, 9.17) is 5.26 Å². The molecule has 0 bridgehead atoms. The third-order valence-corrected chi connectivity index (χ3v) is 5.14. The van der Waals surface area contributed by atoms with Crippen molar-refractivity contribution in [2.75, 3.05) is 11.5 Å². The zero-order valence-electron chi connectivity index (χ0n) is 14.7. The second kappa shape index (κ2) is 8.50. The van der Waals surface area contributed by atoms with Crippen LogP contribution in [0.4, 0.5) is 18.2 Å². The maximum Gasteiger partial charge on any atom is 0.391 e. The number of aryl methyl sites for hydroxylation is 1. The summed E-state index contributed by atoms with van der Waals surface area (Å²) in [4.78, 5) is 17.7. The number of halogens is 3. The number of amides is 1. The molecular formula is C18H18F3N3O2S. The van der Waals surface area contributed by atoms with Crippen LogP contribution in [-0.4, -0.2) is 28.8 Å². The Morgan fingerprint density at radius 1 is 1.44 bits per heavy atom. The molecule has 0 aliphatic carbocycles. The fraction of sp³-hybridized carbons (Fsp3) is 0.389. The molecule has 1 unspecified atom stereocenters. The summed E-state index contributed by atoms with van der Waals surface area (Å²) in [5, 5.41) is 18.9. The molecule has 1 heterocycles. The van der Waals surface area contributed by atoms with Crippen LogP contribution in [0.3, 0.4) is 0 Å². The van der Waals surface area contributed by atoms with Crippen LogP contribution in [0.1, 0.15) is 28.8 Å². The van der Waals surface area contributed by atoms with Gasteiger partial charge in [-0.25, -0.2) is 4.98 Å². The molecule has 27 heavy (non-hydrogen) atoms. The lowest BCUT2D eigenvalue weighted by molar-refractivity contribution is -0.169. The van der Waals surface area contributed by atoms with Gasteiger partial charge in [0.2, 0.25) is 0 Å². The standard InChI is InChI=1S/C18H18F3N3O2S/c1-11(18(19,20)21)6-15-23-12(2)17(27-15)24(16(26)10-25)9-14-5-3-4-13(7-14)8-22/h3-5,7,11,25H,6,9-10H2,1-2H3. The predicted octanol–water partition coefficient (Wildman–Crippen LogP) is 3.59. The summed E-state index contributed by atoms with van der Waals surface area (Å²) in [5.41, 5.74) is 1.50. The number of benzene rings is 1. The Morgan fingerprint density at radius 2 is 2.15 bits per heavy atom. The Bertz CT molecular complexity index is 858. The number of nitriles is 1. The number of aliphatic hydroxyl groups excluding tert-OH is 1. The number of aliphatic hydroxyl groups is 1. The summed E-state index contributed by atoms with van der Waals surface area (Å²) in [6, 6.07) is 8.63. The van der Waals surface area contributed by atoms with Gasteiger partial charge in [0.1, 0.15) is 11.6 Å². The van der Waals surface area contributed by atoms with Crippen LogP contribution < -0.4 is 4.90 Å². The molecule has 9 heteroatoms. The molecule has 1 aromatic carbocycles. The number of rotatable bonds is 6. The minimum absolute atomic E-state index is 0.0756. The van der Waals surface area contributed by atoms with Crippen LogP contribution in [-0.2, 0) is 17.8 Å². The SMILES string of the molecule is Cc1nc(CC(C)C(F)(F)F)sc1N(Cc1cccc(C#N)c1)C(=O)CO. The number of hydrogen-bond donors (Lipinski definition) is 1. The van der Waals surface area contributed by atoms with Crippen molar-refractivity contribution in [2.45, 2.75) is 33.0 Å². The molecule has 0 spiro atoms. The van der Waals surface area contributed by atoms with E-state index >= 15 is 0 Å². The van der Waals surface area contributed by atoms with Crippen molar-refractivity contribution in [3.63, 3.8) is 0 Å². The number of hydrogen-bond acceptors (Lipinski definition) is 5. The summed E-state index contributed by atoms with van der Waals surface area (Å²) >= 11 is 1.00. The Kier molecular flexibility index (Phi) is 6.57. The third kappa shape index (κ3) is 5.28. The maximum absolute atomic E-state index is 12.8. The molecule has 0 radical (unpaired) electrons. The molecule has 1 atom stereocenters. The normalized spacial score (nSPS) is 12.5. The molecule has 2 aromatic rings. The summed E-state index contributed by atoms with van der Waals surface area (Å²) < 4.78 is 38.4. The monoisotopic (exact) mass is 397 g/mol. The molecule has 0 saturated heterocycles. The van der Waals surface area contributed by atoms with Gasteiger partial charge < -0.3 is 5.11 Å². The van der Waals surface area contributed by atoms with E-state index in [1.54, 1.807) is 31.2 Å². The van der Waals surface area contributed by atoms with Crippen molar-refractivity contribution in [2.24, 2.45) is 5.92 Å². The minimum atomic E-state index is -4.32. The molecular weight excluding hydrogens is 379 g/mol. The summed E-state index contributed by atoms with van der Waals surface area (Å²) in [7, 11) is 0. The summed E-state index contributed by atoms with van der Waals surface area (Å²) in [6.45, 7) is 2.02. The van der Waals surface area contributed by atoms with Gasteiger partial charge in [0, 0.05) is 6.42 Å². The van der Waals surface area contributed by atoms with E-state index < -0.39 is 24.6 Å². The summed E-state index contributed by atoms with van der Waals surface area (Å²) in [5.74, 6) is -2.15. The maximum atomic E-state index is 12.8. The van der Waals surface area contributed by atoms with E-state index in [2.05, 4.69) is 4.98 Å². The second-order valence-corrected chi connectivity index (χ2v) is 7.16. The highest BCUT2D eigenvalue weighted by Gasteiger charge is 2.36.